The predicted octanol–water partition coefficient (Wildman–Crippen LogP) is 3.68. The molecule has 2 atom stereocenters. The van der Waals surface area contributed by atoms with E-state index in [1.807, 2.05) is 12.1 Å². The quantitative estimate of drug-likeness (QED) is 0.748. The van der Waals surface area contributed by atoms with Crippen LogP contribution in [-0.2, 0) is 16.0 Å². The number of carbonyl (C=O) groups is 2. The molecule has 1 amide bonds. The van der Waals surface area contributed by atoms with Gasteiger partial charge >= 0.3 is 5.97 Å². The van der Waals surface area contributed by atoms with E-state index in [-0.39, 0.29) is 18.2 Å². The van der Waals surface area contributed by atoms with Crippen molar-refractivity contribution in [1.29, 1.82) is 0 Å². The van der Waals surface area contributed by atoms with Crippen LogP contribution >= 0.6 is 0 Å². The lowest BCUT2D eigenvalue weighted by Crippen LogP contribution is -2.41. The number of carboxylic acids is 1. The lowest BCUT2D eigenvalue weighted by atomic mass is 9.88. The summed E-state index contributed by atoms with van der Waals surface area (Å²) in [6.45, 7) is 6.89. The maximum Gasteiger partial charge on any atom is 0.305 e. The zero-order valence-corrected chi connectivity index (χ0v) is 16.9. The monoisotopic (exact) mass is 377 g/mol. The van der Waals surface area contributed by atoms with Gasteiger partial charge in [-0.1, -0.05) is 20.8 Å². The highest BCUT2D eigenvalue weighted by Crippen LogP contribution is 2.40. The Bertz CT molecular complexity index is 685. The summed E-state index contributed by atoms with van der Waals surface area (Å²) in [6.07, 6.45) is 1.98. The average molecular weight is 377 g/mol. The SMILES string of the molecule is COc1cc2c(cc1OC)C(CC(=O)O)N(C(=O)CC(C)CC(C)C)CC2. The van der Waals surface area contributed by atoms with Gasteiger partial charge in [-0.25, -0.2) is 0 Å². The number of aliphatic carboxylic acids is 1. The molecule has 1 heterocycles. The van der Waals surface area contributed by atoms with Gasteiger partial charge in [0.05, 0.1) is 26.7 Å². The van der Waals surface area contributed by atoms with Crippen LogP contribution in [-0.4, -0.2) is 42.6 Å². The highest BCUT2D eigenvalue weighted by Gasteiger charge is 2.34. The minimum Gasteiger partial charge on any atom is -0.493 e. The molecule has 27 heavy (non-hydrogen) atoms. The number of carboxylic acid groups (broad SMARTS) is 1. The van der Waals surface area contributed by atoms with Crippen molar-refractivity contribution in [2.75, 3.05) is 20.8 Å². The van der Waals surface area contributed by atoms with Crippen molar-refractivity contribution < 1.29 is 24.2 Å². The molecule has 0 aromatic heterocycles. The van der Waals surface area contributed by atoms with Crippen molar-refractivity contribution in [3.05, 3.63) is 23.3 Å². The first-order chi connectivity index (χ1) is 12.8. The Balaban J connectivity index is 2.32. The van der Waals surface area contributed by atoms with Gasteiger partial charge in [0.25, 0.3) is 0 Å². The molecule has 0 fully saturated rings. The van der Waals surface area contributed by atoms with Gasteiger partial charge in [-0.15, -0.1) is 0 Å². The molecule has 2 unspecified atom stereocenters. The highest BCUT2D eigenvalue weighted by atomic mass is 16.5. The number of fused-ring (bicyclic) bond motifs is 1. The summed E-state index contributed by atoms with van der Waals surface area (Å²) in [5, 5.41) is 9.43. The van der Waals surface area contributed by atoms with E-state index in [0.717, 1.165) is 17.5 Å². The average Bonchev–Trinajstić information content (AvgIpc) is 2.59. The van der Waals surface area contributed by atoms with Gasteiger partial charge in [0, 0.05) is 13.0 Å². The predicted molar refractivity (Wildman–Crippen MR) is 103 cm³/mol. The Morgan fingerprint density at radius 3 is 2.37 bits per heavy atom. The molecule has 1 aliphatic heterocycles. The van der Waals surface area contributed by atoms with E-state index in [1.165, 1.54) is 0 Å². The van der Waals surface area contributed by atoms with Gasteiger partial charge in [0.15, 0.2) is 11.5 Å². The van der Waals surface area contributed by atoms with Crippen molar-refractivity contribution >= 4 is 11.9 Å². The number of amides is 1. The first kappa shape index (κ1) is 21.1. The first-order valence-corrected chi connectivity index (χ1v) is 9.52. The first-order valence-electron chi connectivity index (χ1n) is 9.52. The zero-order valence-electron chi connectivity index (χ0n) is 16.9. The summed E-state index contributed by atoms with van der Waals surface area (Å²) >= 11 is 0. The molecule has 0 bridgehead atoms. The summed E-state index contributed by atoms with van der Waals surface area (Å²) in [5.74, 6) is 1.08. The molecule has 0 radical (unpaired) electrons. The molecule has 1 aromatic rings. The van der Waals surface area contributed by atoms with Crippen LogP contribution in [0.15, 0.2) is 12.1 Å². The van der Waals surface area contributed by atoms with Crippen LogP contribution in [0.2, 0.25) is 0 Å². The second-order valence-electron chi connectivity index (χ2n) is 7.80. The standard InChI is InChI=1S/C21H31NO5/c1-13(2)8-14(3)9-20(23)22-7-6-15-10-18(26-4)19(27-5)11-16(15)17(22)12-21(24)25/h10-11,13-14,17H,6-9,12H2,1-5H3,(H,24,25). The molecule has 0 saturated carbocycles. The number of hydrogen-bond donors (Lipinski definition) is 1. The van der Waals surface area contributed by atoms with Crippen LogP contribution in [0.4, 0.5) is 0 Å². The molecule has 6 heteroatoms. The van der Waals surface area contributed by atoms with Crippen LogP contribution < -0.4 is 9.47 Å². The molecule has 1 N–H and O–H groups in total. The lowest BCUT2D eigenvalue weighted by molar-refractivity contribution is -0.141. The maximum absolute atomic E-state index is 12.9. The Labute approximate surface area is 161 Å². The van der Waals surface area contributed by atoms with Crippen LogP contribution in [0.3, 0.4) is 0 Å². The number of nitrogens with zero attached hydrogens (tertiary/aromatic N) is 1. The van der Waals surface area contributed by atoms with Gasteiger partial charge in [-0.3, -0.25) is 9.59 Å². The largest absolute Gasteiger partial charge is 0.493 e. The fourth-order valence-electron chi connectivity index (χ4n) is 4.02. The van der Waals surface area contributed by atoms with E-state index in [9.17, 15) is 14.7 Å². The lowest BCUT2D eigenvalue weighted by Gasteiger charge is -2.37. The summed E-state index contributed by atoms with van der Waals surface area (Å²) in [7, 11) is 3.13. The normalized spacial score (nSPS) is 17.4. The Hall–Kier alpha value is -2.24. The van der Waals surface area contributed by atoms with E-state index in [0.29, 0.717) is 36.8 Å². The fraction of sp³-hybridized carbons (Fsp3) is 0.619. The van der Waals surface area contributed by atoms with E-state index in [1.54, 1.807) is 19.1 Å². The van der Waals surface area contributed by atoms with Gasteiger partial charge in [-0.05, 0) is 47.9 Å². The molecule has 0 aliphatic carbocycles. The van der Waals surface area contributed by atoms with Gasteiger partial charge in [0.2, 0.25) is 5.91 Å². The molecule has 0 spiro atoms. The van der Waals surface area contributed by atoms with Gasteiger partial charge < -0.3 is 19.5 Å². The minimum absolute atomic E-state index is 0.0230. The summed E-state index contributed by atoms with van der Waals surface area (Å²) in [5.41, 5.74) is 1.85. The van der Waals surface area contributed by atoms with Crippen LogP contribution in [0.1, 0.15) is 57.2 Å². The fourth-order valence-corrected chi connectivity index (χ4v) is 4.02. The third kappa shape index (κ3) is 5.15. The number of carbonyl (C=O) groups excluding carboxylic acids is 1. The highest BCUT2D eigenvalue weighted by molar-refractivity contribution is 5.79. The van der Waals surface area contributed by atoms with Crippen molar-refractivity contribution in [2.24, 2.45) is 11.8 Å². The second-order valence-corrected chi connectivity index (χ2v) is 7.80. The zero-order chi connectivity index (χ0) is 20.1. The van der Waals surface area contributed by atoms with Crippen LogP contribution in [0.5, 0.6) is 11.5 Å². The number of benzene rings is 1. The topological polar surface area (TPSA) is 76.1 Å². The number of methoxy groups -OCH3 is 2. The molecular formula is C21H31NO5. The van der Waals surface area contributed by atoms with Crippen molar-refractivity contribution in [3.8, 4) is 11.5 Å². The number of ether oxygens (including phenoxy) is 2. The van der Waals surface area contributed by atoms with E-state index >= 15 is 0 Å². The number of rotatable bonds is 8. The van der Waals surface area contributed by atoms with Crippen LogP contribution in [0.25, 0.3) is 0 Å². The molecular weight excluding hydrogens is 346 g/mol. The third-order valence-corrected chi connectivity index (χ3v) is 5.09. The molecule has 2 rings (SSSR count). The Kier molecular flexibility index (Phi) is 7.11. The number of hydrogen-bond acceptors (Lipinski definition) is 4. The van der Waals surface area contributed by atoms with Crippen molar-refractivity contribution in [3.63, 3.8) is 0 Å². The summed E-state index contributed by atoms with van der Waals surface area (Å²) in [4.78, 5) is 26.2. The summed E-state index contributed by atoms with van der Waals surface area (Å²) in [6, 6.07) is 3.23. The van der Waals surface area contributed by atoms with Crippen LogP contribution in [0, 0.1) is 11.8 Å². The summed E-state index contributed by atoms with van der Waals surface area (Å²) < 4.78 is 10.7. The van der Waals surface area contributed by atoms with Gasteiger partial charge in [-0.2, -0.15) is 0 Å². The van der Waals surface area contributed by atoms with E-state index in [2.05, 4.69) is 20.8 Å². The Morgan fingerprint density at radius 1 is 1.19 bits per heavy atom. The molecule has 150 valence electrons. The molecule has 0 saturated heterocycles. The minimum atomic E-state index is -0.921. The molecule has 1 aliphatic rings. The molecule has 6 nitrogen and oxygen atoms in total. The van der Waals surface area contributed by atoms with Crippen molar-refractivity contribution in [2.45, 2.75) is 52.5 Å². The molecule has 1 aromatic carbocycles. The second kappa shape index (κ2) is 9.11. The van der Waals surface area contributed by atoms with E-state index in [4.69, 9.17) is 9.47 Å². The van der Waals surface area contributed by atoms with Crippen molar-refractivity contribution in [1.82, 2.24) is 4.90 Å². The third-order valence-electron chi connectivity index (χ3n) is 5.09. The maximum atomic E-state index is 12.9. The smallest absolute Gasteiger partial charge is 0.305 e. The van der Waals surface area contributed by atoms with E-state index < -0.39 is 12.0 Å². The Morgan fingerprint density at radius 2 is 1.81 bits per heavy atom. The van der Waals surface area contributed by atoms with Gasteiger partial charge in [0.1, 0.15) is 0 Å².